The molecular formula is C15H16N4O4. The summed E-state index contributed by atoms with van der Waals surface area (Å²) in [5.74, 6) is -3.03. The van der Waals surface area contributed by atoms with E-state index in [1.165, 1.54) is 21.0 Å². The zero-order chi connectivity index (χ0) is 17.1. The van der Waals surface area contributed by atoms with E-state index >= 15 is 0 Å². The van der Waals surface area contributed by atoms with Crippen molar-refractivity contribution in [2.45, 2.75) is 6.92 Å². The van der Waals surface area contributed by atoms with E-state index in [1.807, 2.05) is 0 Å². The number of benzene rings is 1. The van der Waals surface area contributed by atoms with Crippen molar-refractivity contribution in [3.63, 3.8) is 0 Å². The maximum Gasteiger partial charge on any atom is 0.332 e. The molecule has 5 amide bonds. The molecule has 1 aliphatic rings. The molecule has 120 valence electrons. The topological polar surface area (TPSA) is 99.2 Å². The smallest absolute Gasteiger partial charge is 0.273 e. The second-order valence-electron chi connectivity index (χ2n) is 5.07. The Labute approximate surface area is 132 Å². The number of urea groups is 1. The summed E-state index contributed by atoms with van der Waals surface area (Å²) in [6.45, 7) is 1.45. The second-order valence-corrected chi connectivity index (χ2v) is 5.07. The molecule has 0 aromatic heterocycles. The third kappa shape index (κ3) is 3.10. The zero-order valence-corrected chi connectivity index (χ0v) is 12.9. The van der Waals surface area contributed by atoms with Gasteiger partial charge in [-0.1, -0.05) is 18.2 Å². The number of amides is 5. The van der Waals surface area contributed by atoms with Gasteiger partial charge in [-0.05, 0) is 19.1 Å². The number of barbiturate groups is 1. The van der Waals surface area contributed by atoms with E-state index < -0.39 is 29.7 Å². The van der Waals surface area contributed by atoms with Crippen molar-refractivity contribution in [3.8, 4) is 0 Å². The first-order valence-corrected chi connectivity index (χ1v) is 6.83. The lowest BCUT2D eigenvalue weighted by molar-refractivity contribution is -0.144. The Hall–Kier alpha value is -3.03. The van der Waals surface area contributed by atoms with Gasteiger partial charge in [-0.25, -0.2) is 10.2 Å². The molecule has 1 heterocycles. The number of carbonyl (C=O) groups is 4. The Morgan fingerprint density at radius 3 is 2.09 bits per heavy atom. The number of hydrogen-bond donors (Lipinski definition) is 1. The van der Waals surface area contributed by atoms with Crippen LogP contribution in [0, 0.1) is 5.92 Å². The van der Waals surface area contributed by atoms with Crippen molar-refractivity contribution in [1.82, 2.24) is 15.2 Å². The maximum absolute atomic E-state index is 12.1. The van der Waals surface area contributed by atoms with Crippen LogP contribution in [-0.4, -0.2) is 53.4 Å². The highest BCUT2D eigenvalue weighted by atomic mass is 16.2. The van der Waals surface area contributed by atoms with E-state index in [-0.39, 0.29) is 5.71 Å². The zero-order valence-electron chi connectivity index (χ0n) is 12.9. The number of rotatable bonds is 3. The molecule has 0 saturated carbocycles. The average Bonchev–Trinajstić information content (AvgIpc) is 2.57. The molecule has 1 aromatic rings. The first kappa shape index (κ1) is 16.3. The number of imide groups is 2. The van der Waals surface area contributed by atoms with Crippen LogP contribution in [0.25, 0.3) is 0 Å². The van der Waals surface area contributed by atoms with Crippen LogP contribution >= 0.6 is 0 Å². The van der Waals surface area contributed by atoms with Crippen molar-refractivity contribution >= 4 is 29.5 Å². The van der Waals surface area contributed by atoms with E-state index in [0.717, 1.165) is 9.80 Å². The minimum absolute atomic E-state index is 0.107. The van der Waals surface area contributed by atoms with E-state index in [9.17, 15) is 19.2 Å². The molecule has 1 aromatic carbocycles. The largest absolute Gasteiger partial charge is 0.332 e. The van der Waals surface area contributed by atoms with E-state index in [1.54, 1.807) is 30.3 Å². The van der Waals surface area contributed by atoms with Crippen molar-refractivity contribution in [1.29, 1.82) is 0 Å². The number of nitrogens with one attached hydrogen (secondary N) is 1. The fourth-order valence-electron chi connectivity index (χ4n) is 2.12. The monoisotopic (exact) mass is 316 g/mol. The van der Waals surface area contributed by atoms with Gasteiger partial charge in [0, 0.05) is 19.7 Å². The highest BCUT2D eigenvalue weighted by Crippen LogP contribution is 2.16. The number of hydrazone groups is 1. The molecule has 0 spiro atoms. The summed E-state index contributed by atoms with van der Waals surface area (Å²) in [7, 11) is 2.58. The number of hydrogen-bond acceptors (Lipinski definition) is 5. The predicted molar refractivity (Wildman–Crippen MR) is 81.4 cm³/mol. The maximum atomic E-state index is 12.1. The Kier molecular flexibility index (Phi) is 4.54. The fourth-order valence-corrected chi connectivity index (χ4v) is 2.12. The summed E-state index contributed by atoms with van der Waals surface area (Å²) in [5.41, 5.74) is 2.81. The van der Waals surface area contributed by atoms with Gasteiger partial charge in [0.15, 0.2) is 5.92 Å². The normalized spacial score (nSPS) is 16.8. The van der Waals surface area contributed by atoms with Crippen LogP contribution in [0.15, 0.2) is 35.4 Å². The molecule has 0 radical (unpaired) electrons. The first-order valence-electron chi connectivity index (χ1n) is 6.83. The highest BCUT2D eigenvalue weighted by Gasteiger charge is 2.44. The Bertz CT molecular complexity index is 675. The van der Waals surface area contributed by atoms with Gasteiger partial charge in [-0.2, -0.15) is 5.10 Å². The summed E-state index contributed by atoms with van der Waals surface area (Å²) < 4.78 is 0. The van der Waals surface area contributed by atoms with Crippen molar-refractivity contribution < 1.29 is 19.2 Å². The lowest BCUT2D eigenvalue weighted by Gasteiger charge is -2.32. The van der Waals surface area contributed by atoms with Gasteiger partial charge < -0.3 is 0 Å². The molecule has 8 heteroatoms. The van der Waals surface area contributed by atoms with Crippen molar-refractivity contribution in [2.75, 3.05) is 14.1 Å². The molecule has 8 nitrogen and oxygen atoms in total. The van der Waals surface area contributed by atoms with E-state index in [2.05, 4.69) is 10.5 Å². The third-order valence-electron chi connectivity index (χ3n) is 3.52. The molecule has 1 N–H and O–H groups in total. The molecule has 1 saturated heterocycles. The molecule has 1 fully saturated rings. The SMILES string of the molecule is C/C(=N\NC(=O)c1ccccc1)C1C(=O)N(C)C(=O)N(C)C1=O. The van der Waals surface area contributed by atoms with Gasteiger partial charge in [-0.15, -0.1) is 0 Å². The molecule has 2 rings (SSSR count). The second kappa shape index (κ2) is 6.39. The van der Waals surface area contributed by atoms with Crippen molar-refractivity contribution in [2.24, 2.45) is 11.0 Å². The van der Waals surface area contributed by atoms with Gasteiger partial charge in [0.05, 0.1) is 5.71 Å². The van der Waals surface area contributed by atoms with Crippen LogP contribution in [0.4, 0.5) is 4.79 Å². The Morgan fingerprint density at radius 1 is 1.04 bits per heavy atom. The average molecular weight is 316 g/mol. The van der Waals surface area contributed by atoms with E-state index in [4.69, 9.17) is 0 Å². The predicted octanol–water partition coefficient (Wildman–Crippen LogP) is 0.459. The molecule has 0 atom stereocenters. The van der Waals surface area contributed by atoms with Crippen LogP contribution in [0.2, 0.25) is 0 Å². The van der Waals surface area contributed by atoms with Crippen molar-refractivity contribution in [3.05, 3.63) is 35.9 Å². The Balaban J connectivity index is 2.17. The quantitative estimate of drug-likeness (QED) is 0.497. The summed E-state index contributed by atoms with van der Waals surface area (Å²) in [5, 5.41) is 3.83. The van der Waals surface area contributed by atoms with Crippen LogP contribution in [-0.2, 0) is 9.59 Å². The van der Waals surface area contributed by atoms with Gasteiger partial charge >= 0.3 is 6.03 Å². The van der Waals surface area contributed by atoms with Gasteiger partial charge in [0.1, 0.15) is 0 Å². The summed E-state index contributed by atoms with van der Waals surface area (Å²) in [6.07, 6.45) is 0. The summed E-state index contributed by atoms with van der Waals surface area (Å²) >= 11 is 0. The number of carbonyl (C=O) groups excluding carboxylic acids is 4. The highest BCUT2D eigenvalue weighted by molar-refractivity contribution is 6.27. The van der Waals surface area contributed by atoms with Crippen LogP contribution < -0.4 is 5.43 Å². The third-order valence-corrected chi connectivity index (χ3v) is 3.52. The van der Waals surface area contributed by atoms with Crippen LogP contribution in [0.5, 0.6) is 0 Å². The molecular weight excluding hydrogens is 300 g/mol. The standard InChI is InChI=1S/C15H16N4O4/c1-9(16-17-12(20)10-7-5-4-6-8-10)11-13(21)18(2)15(23)19(3)14(11)22/h4-8,11H,1-3H3,(H,17,20)/b16-9+. The molecule has 0 bridgehead atoms. The molecule has 0 aliphatic carbocycles. The van der Waals surface area contributed by atoms with Crippen LogP contribution in [0.3, 0.4) is 0 Å². The van der Waals surface area contributed by atoms with Gasteiger partial charge in [0.25, 0.3) is 5.91 Å². The molecule has 23 heavy (non-hydrogen) atoms. The van der Waals surface area contributed by atoms with Gasteiger partial charge in [0.2, 0.25) is 11.8 Å². The minimum atomic E-state index is -1.22. The number of nitrogens with zero attached hydrogens (tertiary/aromatic N) is 3. The van der Waals surface area contributed by atoms with E-state index in [0.29, 0.717) is 5.56 Å². The summed E-state index contributed by atoms with van der Waals surface area (Å²) in [4.78, 5) is 49.5. The Morgan fingerprint density at radius 2 is 1.57 bits per heavy atom. The lowest BCUT2D eigenvalue weighted by atomic mass is 9.99. The van der Waals surface area contributed by atoms with Gasteiger partial charge in [-0.3, -0.25) is 24.2 Å². The molecule has 1 aliphatic heterocycles. The lowest BCUT2D eigenvalue weighted by Crippen LogP contribution is -2.58. The minimum Gasteiger partial charge on any atom is -0.273 e. The fraction of sp³-hybridized carbons (Fsp3) is 0.267. The first-order chi connectivity index (χ1) is 10.8. The van der Waals surface area contributed by atoms with Crippen LogP contribution in [0.1, 0.15) is 17.3 Å². The summed E-state index contributed by atoms with van der Waals surface area (Å²) in [6, 6.07) is 7.70. The molecule has 0 unspecified atom stereocenters.